The molecule has 1 aromatic carbocycles. The Morgan fingerprint density at radius 3 is 2.82 bits per heavy atom. The molecule has 1 amide bonds. The van der Waals surface area contributed by atoms with E-state index < -0.39 is 5.82 Å². The Morgan fingerprint density at radius 2 is 2.04 bits per heavy atom. The first-order valence-electron chi connectivity index (χ1n) is 9.48. The number of aromatic nitrogens is 2. The maximum absolute atomic E-state index is 13.9. The Bertz CT molecular complexity index is 1050. The summed E-state index contributed by atoms with van der Waals surface area (Å²) >= 11 is 0. The SMILES string of the molecule is Cc1nc(N2CCC[C@H](C(=O)Nc3ccccc3F)C2)c2c(C)c(C)oc2n1. The molecule has 1 N–H and O–H groups in total. The van der Waals surface area contributed by atoms with E-state index in [1.54, 1.807) is 18.2 Å². The molecule has 0 aliphatic carbocycles. The second-order valence-electron chi connectivity index (χ2n) is 7.31. The molecule has 2 aromatic heterocycles. The molecule has 0 saturated carbocycles. The predicted octanol–water partition coefficient (Wildman–Crippen LogP) is 4.14. The van der Waals surface area contributed by atoms with Gasteiger partial charge in [0.2, 0.25) is 11.6 Å². The highest BCUT2D eigenvalue weighted by Gasteiger charge is 2.29. The molecule has 3 heterocycles. The number of fused-ring (bicyclic) bond motifs is 1. The van der Waals surface area contributed by atoms with Gasteiger partial charge < -0.3 is 14.6 Å². The minimum absolute atomic E-state index is 0.170. The van der Waals surface area contributed by atoms with Crippen LogP contribution < -0.4 is 10.2 Å². The van der Waals surface area contributed by atoms with E-state index in [-0.39, 0.29) is 17.5 Å². The van der Waals surface area contributed by atoms with Gasteiger partial charge in [-0.2, -0.15) is 4.98 Å². The molecule has 1 atom stereocenters. The topological polar surface area (TPSA) is 71.3 Å². The molecule has 1 aliphatic rings. The maximum atomic E-state index is 13.9. The minimum atomic E-state index is -0.429. The zero-order valence-electron chi connectivity index (χ0n) is 16.3. The van der Waals surface area contributed by atoms with Crippen LogP contribution >= 0.6 is 0 Å². The van der Waals surface area contributed by atoms with Crippen molar-refractivity contribution in [3.63, 3.8) is 0 Å². The summed E-state index contributed by atoms with van der Waals surface area (Å²) < 4.78 is 19.7. The summed E-state index contributed by atoms with van der Waals surface area (Å²) in [6.07, 6.45) is 1.61. The van der Waals surface area contributed by atoms with Gasteiger partial charge in [-0.15, -0.1) is 0 Å². The number of halogens is 1. The van der Waals surface area contributed by atoms with Gasteiger partial charge in [0, 0.05) is 18.7 Å². The van der Waals surface area contributed by atoms with E-state index >= 15 is 0 Å². The number of carbonyl (C=O) groups is 1. The molecule has 0 unspecified atom stereocenters. The largest absolute Gasteiger partial charge is 0.443 e. The van der Waals surface area contributed by atoms with E-state index in [9.17, 15) is 9.18 Å². The number of hydrogen-bond donors (Lipinski definition) is 1. The first-order chi connectivity index (χ1) is 13.4. The fourth-order valence-corrected chi connectivity index (χ4v) is 3.74. The smallest absolute Gasteiger partial charge is 0.231 e. The standard InChI is InChI=1S/C21H23FN4O2/c1-12-13(2)28-21-18(12)19(23-14(3)24-21)26-10-6-7-15(11-26)20(27)25-17-9-5-4-8-16(17)22/h4-5,8-9,15H,6-7,10-11H2,1-3H3,(H,25,27)/t15-/m0/s1. The Balaban J connectivity index is 1.60. The monoisotopic (exact) mass is 382 g/mol. The lowest BCUT2D eigenvalue weighted by Gasteiger charge is -2.33. The Hall–Kier alpha value is -2.96. The molecular formula is C21H23FN4O2. The zero-order valence-corrected chi connectivity index (χ0v) is 16.3. The van der Waals surface area contributed by atoms with Crippen LogP contribution in [-0.4, -0.2) is 29.0 Å². The molecule has 0 radical (unpaired) electrons. The number of para-hydroxylation sites is 1. The van der Waals surface area contributed by atoms with Crippen molar-refractivity contribution in [2.24, 2.45) is 5.92 Å². The third-order valence-electron chi connectivity index (χ3n) is 5.34. The second kappa shape index (κ2) is 7.22. The summed E-state index contributed by atoms with van der Waals surface area (Å²) in [5.41, 5.74) is 1.81. The van der Waals surface area contributed by atoms with Crippen molar-refractivity contribution >= 4 is 28.5 Å². The second-order valence-corrected chi connectivity index (χ2v) is 7.31. The van der Waals surface area contributed by atoms with Gasteiger partial charge in [0.25, 0.3) is 0 Å². The molecule has 1 saturated heterocycles. The molecule has 3 aromatic rings. The van der Waals surface area contributed by atoms with Crippen molar-refractivity contribution in [1.29, 1.82) is 0 Å². The van der Waals surface area contributed by atoms with Crippen LogP contribution in [-0.2, 0) is 4.79 Å². The summed E-state index contributed by atoms with van der Waals surface area (Å²) in [5, 5.41) is 3.63. The van der Waals surface area contributed by atoms with Crippen LogP contribution in [0.4, 0.5) is 15.9 Å². The molecule has 0 bridgehead atoms. The summed E-state index contributed by atoms with van der Waals surface area (Å²) in [6, 6.07) is 6.22. The number of furan rings is 1. The van der Waals surface area contributed by atoms with Crippen molar-refractivity contribution in [3.8, 4) is 0 Å². The van der Waals surface area contributed by atoms with Crippen molar-refractivity contribution < 1.29 is 13.6 Å². The van der Waals surface area contributed by atoms with Crippen LogP contribution in [0, 0.1) is 32.5 Å². The van der Waals surface area contributed by atoms with Crippen LogP contribution in [0.1, 0.15) is 30.0 Å². The van der Waals surface area contributed by atoms with E-state index in [4.69, 9.17) is 4.42 Å². The van der Waals surface area contributed by atoms with Crippen LogP contribution in [0.25, 0.3) is 11.1 Å². The van der Waals surface area contributed by atoms with Gasteiger partial charge >= 0.3 is 0 Å². The summed E-state index contributed by atoms with van der Waals surface area (Å²) in [6.45, 7) is 7.07. The number of piperidine rings is 1. The number of anilines is 2. The Morgan fingerprint density at radius 1 is 1.25 bits per heavy atom. The van der Waals surface area contributed by atoms with E-state index in [0.717, 1.165) is 41.9 Å². The third kappa shape index (κ3) is 3.32. The van der Waals surface area contributed by atoms with Crippen LogP contribution in [0.15, 0.2) is 28.7 Å². The number of rotatable bonds is 3. The average molecular weight is 382 g/mol. The van der Waals surface area contributed by atoms with Crippen LogP contribution in [0.2, 0.25) is 0 Å². The molecule has 7 heteroatoms. The highest BCUT2D eigenvalue weighted by molar-refractivity contribution is 5.94. The van der Waals surface area contributed by atoms with E-state index in [1.807, 2.05) is 20.8 Å². The van der Waals surface area contributed by atoms with Crippen LogP contribution in [0.5, 0.6) is 0 Å². The fourth-order valence-electron chi connectivity index (χ4n) is 3.74. The molecule has 1 aliphatic heterocycles. The first-order valence-corrected chi connectivity index (χ1v) is 9.48. The maximum Gasteiger partial charge on any atom is 0.231 e. The van der Waals surface area contributed by atoms with E-state index in [2.05, 4.69) is 20.2 Å². The van der Waals surface area contributed by atoms with Gasteiger partial charge in [-0.3, -0.25) is 4.79 Å². The van der Waals surface area contributed by atoms with Gasteiger partial charge in [0.15, 0.2) is 0 Å². The Labute approximate surface area is 162 Å². The lowest BCUT2D eigenvalue weighted by Crippen LogP contribution is -2.41. The number of hydrogen-bond acceptors (Lipinski definition) is 5. The van der Waals surface area contributed by atoms with Gasteiger partial charge in [0.05, 0.1) is 17.0 Å². The third-order valence-corrected chi connectivity index (χ3v) is 5.34. The number of aryl methyl sites for hydroxylation is 3. The van der Waals surface area contributed by atoms with Crippen molar-refractivity contribution in [2.45, 2.75) is 33.6 Å². The fraction of sp³-hybridized carbons (Fsp3) is 0.381. The molecule has 4 rings (SSSR count). The molecule has 1 fully saturated rings. The van der Waals surface area contributed by atoms with Crippen LogP contribution in [0.3, 0.4) is 0 Å². The van der Waals surface area contributed by atoms with Crippen molar-refractivity contribution in [3.05, 3.63) is 47.2 Å². The first kappa shape index (κ1) is 18.4. The normalized spacial score (nSPS) is 17.1. The molecule has 146 valence electrons. The number of amides is 1. The van der Waals surface area contributed by atoms with Gasteiger partial charge in [-0.25, -0.2) is 9.37 Å². The average Bonchev–Trinajstić information content (AvgIpc) is 2.96. The number of nitrogens with one attached hydrogen (secondary N) is 1. The van der Waals surface area contributed by atoms with Gasteiger partial charge in [-0.1, -0.05) is 12.1 Å². The molecular weight excluding hydrogens is 359 g/mol. The van der Waals surface area contributed by atoms with Crippen molar-refractivity contribution in [2.75, 3.05) is 23.3 Å². The highest BCUT2D eigenvalue weighted by Crippen LogP contribution is 2.33. The highest BCUT2D eigenvalue weighted by atomic mass is 19.1. The molecule has 0 spiro atoms. The predicted molar refractivity (Wildman–Crippen MR) is 106 cm³/mol. The molecule has 6 nitrogen and oxygen atoms in total. The van der Waals surface area contributed by atoms with E-state index in [0.29, 0.717) is 18.1 Å². The lowest BCUT2D eigenvalue weighted by atomic mass is 9.96. The summed E-state index contributed by atoms with van der Waals surface area (Å²) in [5.74, 6) is 1.42. The molecule has 28 heavy (non-hydrogen) atoms. The quantitative estimate of drug-likeness (QED) is 0.737. The summed E-state index contributed by atoms with van der Waals surface area (Å²) in [4.78, 5) is 23.9. The van der Waals surface area contributed by atoms with Gasteiger partial charge in [-0.05, 0) is 45.7 Å². The Kier molecular flexibility index (Phi) is 4.75. The number of benzene rings is 1. The number of nitrogens with zero attached hydrogens (tertiary/aromatic N) is 3. The zero-order chi connectivity index (χ0) is 19.8. The number of carbonyl (C=O) groups excluding carboxylic acids is 1. The summed E-state index contributed by atoms with van der Waals surface area (Å²) in [7, 11) is 0. The van der Waals surface area contributed by atoms with E-state index in [1.165, 1.54) is 6.07 Å². The lowest BCUT2D eigenvalue weighted by molar-refractivity contribution is -0.120. The minimum Gasteiger partial charge on any atom is -0.443 e. The van der Waals surface area contributed by atoms with Gasteiger partial charge in [0.1, 0.15) is 23.2 Å². The van der Waals surface area contributed by atoms with Crippen molar-refractivity contribution in [1.82, 2.24) is 9.97 Å².